The van der Waals surface area contributed by atoms with Crippen molar-refractivity contribution in [2.24, 2.45) is 0 Å². The minimum atomic E-state index is 0.132. The van der Waals surface area contributed by atoms with Crippen LogP contribution in [0.3, 0.4) is 0 Å². The van der Waals surface area contributed by atoms with Crippen LogP contribution in [0.1, 0.15) is 12.0 Å². The average molecular weight is 315 g/mol. The van der Waals surface area contributed by atoms with Crippen LogP contribution >= 0.6 is 15.9 Å². The second-order valence-electron chi connectivity index (χ2n) is 4.17. The Morgan fingerprint density at radius 3 is 2.78 bits per heavy atom. The lowest BCUT2D eigenvalue weighted by Crippen LogP contribution is -2.26. The molecule has 0 saturated heterocycles. The molecule has 18 heavy (non-hydrogen) atoms. The van der Waals surface area contributed by atoms with Crippen molar-refractivity contribution in [1.82, 2.24) is 10.2 Å². The first-order chi connectivity index (χ1) is 8.54. The first kappa shape index (κ1) is 15.0. The Morgan fingerprint density at radius 1 is 1.44 bits per heavy atom. The van der Waals surface area contributed by atoms with Crippen LogP contribution in [-0.2, 0) is 11.3 Å². The number of carbonyl (C=O) groups excluding carboxylic acids is 1. The first-order valence-corrected chi connectivity index (χ1v) is 6.57. The Kier molecular flexibility index (Phi) is 6.15. The number of amides is 1. The lowest BCUT2D eigenvalue weighted by molar-refractivity contribution is -0.128. The minimum Gasteiger partial charge on any atom is -0.497 e. The molecule has 5 heteroatoms. The summed E-state index contributed by atoms with van der Waals surface area (Å²) in [6.07, 6.45) is 0.509. The standard InChI is InChI=1S/C13H19BrN2O2/c1-16(2)13(17)6-7-15-9-10-8-11(18-3)4-5-12(10)14/h4-5,8,15H,6-7,9H2,1-3H3. The zero-order valence-electron chi connectivity index (χ0n) is 11.0. The van der Waals surface area contributed by atoms with E-state index >= 15 is 0 Å². The Morgan fingerprint density at radius 2 is 2.17 bits per heavy atom. The molecule has 0 radical (unpaired) electrons. The summed E-state index contributed by atoms with van der Waals surface area (Å²) in [5.41, 5.74) is 1.12. The minimum absolute atomic E-state index is 0.132. The summed E-state index contributed by atoms with van der Waals surface area (Å²) in [5.74, 6) is 0.964. The number of rotatable bonds is 6. The van der Waals surface area contributed by atoms with E-state index in [0.29, 0.717) is 19.5 Å². The lowest BCUT2D eigenvalue weighted by atomic mass is 10.2. The van der Waals surface area contributed by atoms with Gasteiger partial charge in [0.1, 0.15) is 5.75 Å². The van der Waals surface area contributed by atoms with Crippen molar-refractivity contribution in [1.29, 1.82) is 0 Å². The van der Waals surface area contributed by atoms with Crippen LogP contribution in [0, 0.1) is 0 Å². The Balaban J connectivity index is 2.41. The van der Waals surface area contributed by atoms with Crippen molar-refractivity contribution >= 4 is 21.8 Å². The first-order valence-electron chi connectivity index (χ1n) is 5.78. The number of nitrogens with zero attached hydrogens (tertiary/aromatic N) is 1. The Bertz CT molecular complexity index is 408. The summed E-state index contributed by atoms with van der Waals surface area (Å²) >= 11 is 3.49. The fourth-order valence-corrected chi connectivity index (χ4v) is 1.84. The van der Waals surface area contributed by atoms with Crippen molar-refractivity contribution in [2.45, 2.75) is 13.0 Å². The summed E-state index contributed by atoms with van der Waals surface area (Å²) in [6.45, 7) is 1.37. The third kappa shape index (κ3) is 4.66. The van der Waals surface area contributed by atoms with Crippen LogP contribution in [0.15, 0.2) is 22.7 Å². The number of hydrogen-bond acceptors (Lipinski definition) is 3. The molecule has 1 aromatic rings. The predicted octanol–water partition coefficient (Wildman–Crippen LogP) is 2.03. The monoisotopic (exact) mass is 314 g/mol. The number of halogens is 1. The van der Waals surface area contributed by atoms with Crippen molar-refractivity contribution in [3.05, 3.63) is 28.2 Å². The molecule has 0 heterocycles. The van der Waals surface area contributed by atoms with E-state index in [4.69, 9.17) is 4.74 Å². The van der Waals surface area contributed by atoms with Gasteiger partial charge in [-0.2, -0.15) is 0 Å². The van der Waals surface area contributed by atoms with Crippen LogP contribution in [-0.4, -0.2) is 38.6 Å². The van der Waals surface area contributed by atoms with Gasteiger partial charge in [0, 0.05) is 38.1 Å². The van der Waals surface area contributed by atoms with Gasteiger partial charge in [0.05, 0.1) is 7.11 Å². The van der Waals surface area contributed by atoms with Gasteiger partial charge in [-0.05, 0) is 23.8 Å². The molecular formula is C13H19BrN2O2. The van der Waals surface area contributed by atoms with Gasteiger partial charge >= 0.3 is 0 Å². The van der Waals surface area contributed by atoms with Crippen LogP contribution in [0.25, 0.3) is 0 Å². The molecule has 1 rings (SSSR count). The maximum Gasteiger partial charge on any atom is 0.223 e. The van der Waals surface area contributed by atoms with E-state index in [1.165, 1.54) is 0 Å². The highest BCUT2D eigenvalue weighted by molar-refractivity contribution is 9.10. The van der Waals surface area contributed by atoms with Crippen molar-refractivity contribution in [3.63, 3.8) is 0 Å². The second kappa shape index (κ2) is 7.38. The van der Waals surface area contributed by atoms with Gasteiger partial charge in [-0.15, -0.1) is 0 Å². The number of nitrogens with one attached hydrogen (secondary N) is 1. The second-order valence-corrected chi connectivity index (χ2v) is 5.03. The smallest absolute Gasteiger partial charge is 0.223 e. The van der Waals surface area contributed by atoms with Gasteiger partial charge in [-0.25, -0.2) is 0 Å². The van der Waals surface area contributed by atoms with E-state index in [1.807, 2.05) is 18.2 Å². The SMILES string of the molecule is COc1ccc(Br)c(CNCCC(=O)N(C)C)c1. The molecule has 0 saturated carbocycles. The molecule has 0 unspecified atom stereocenters. The maximum atomic E-state index is 11.4. The molecule has 1 aromatic carbocycles. The van der Waals surface area contributed by atoms with Gasteiger partial charge < -0.3 is 15.0 Å². The molecule has 4 nitrogen and oxygen atoms in total. The number of hydrogen-bond donors (Lipinski definition) is 1. The molecule has 0 atom stereocenters. The average Bonchev–Trinajstić information content (AvgIpc) is 2.36. The highest BCUT2D eigenvalue weighted by atomic mass is 79.9. The number of ether oxygens (including phenoxy) is 1. The topological polar surface area (TPSA) is 41.6 Å². The number of carbonyl (C=O) groups is 1. The summed E-state index contributed by atoms with van der Waals surface area (Å²) in [5, 5.41) is 3.25. The molecule has 0 fully saturated rings. The zero-order valence-corrected chi connectivity index (χ0v) is 12.6. The normalized spacial score (nSPS) is 10.2. The van der Waals surface area contributed by atoms with E-state index in [0.717, 1.165) is 15.8 Å². The molecule has 0 aromatic heterocycles. The van der Waals surface area contributed by atoms with E-state index in [9.17, 15) is 4.79 Å². The molecule has 0 aliphatic heterocycles. The molecular weight excluding hydrogens is 296 g/mol. The molecule has 1 N–H and O–H groups in total. The zero-order chi connectivity index (χ0) is 13.5. The summed E-state index contributed by atoms with van der Waals surface area (Å²) < 4.78 is 6.21. The van der Waals surface area contributed by atoms with Crippen molar-refractivity contribution < 1.29 is 9.53 Å². The van der Waals surface area contributed by atoms with Crippen LogP contribution in [0.5, 0.6) is 5.75 Å². The van der Waals surface area contributed by atoms with Gasteiger partial charge in [0.15, 0.2) is 0 Å². The maximum absolute atomic E-state index is 11.4. The predicted molar refractivity (Wildman–Crippen MR) is 75.7 cm³/mol. The third-order valence-electron chi connectivity index (χ3n) is 2.58. The van der Waals surface area contributed by atoms with Crippen LogP contribution in [0.2, 0.25) is 0 Å². The summed E-state index contributed by atoms with van der Waals surface area (Å²) in [6, 6.07) is 5.84. The molecule has 1 amide bonds. The lowest BCUT2D eigenvalue weighted by Gasteiger charge is -2.11. The van der Waals surface area contributed by atoms with Crippen molar-refractivity contribution in [2.75, 3.05) is 27.7 Å². The molecule has 0 bridgehead atoms. The molecule has 0 aliphatic rings. The van der Waals surface area contributed by atoms with Gasteiger partial charge in [0.2, 0.25) is 5.91 Å². The fourth-order valence-electron chi connectivity index (χ4n) is 1.46. The van der Waals surface area contributed by atoms with E-state index in [-0.39, 0.29) is 5.91 Å². The van der Waals surface area contributed by atoms with Gasteiger partial charge in [-0.1, -0.05) is 15.9 Å². The Hall–Kier alpha value is -1.07. The number of methoxy groups -OCH3 is 1. The highest BCUT2D eigenvalue weighted by Gasteiger charge is 2.04. The van der Waals surface area contributed by atoms with Crippen molar-refractivity contribution in [3.8, 4) is 5.75 Å². The largest absolute Gasteiger partial charge is 0.497 e. The fraction of sp³-hybridized carbons (Fsp3) is 0.462. The molecule has 0 aliphatic carbocycles. The Labute approximate surface area is 116 Å². The van der Waals surface area contributed by atoms with E-state index in [1.54, 1.807) is 26.1 Å². The van der Waals surface area contributed by atoms with Crippen LogP contribution in [0.4, 0.5) is 0 Å². The highest BCUT2D eigenvalue weighted by Crippen LogP contribution is 2.22. The summed E-state index contributed by atoms with van der Waals surface area (Å²) in [4.78, 5) is 13.0. The van der Waals surface area contributed by atoms with Gasteiger partial charge in [-0.3, -0.25) is 4.79 Å². The summed E-state index contributed by atoms with van der Waals surface area (Å²) in [7, 11) is 5.18. The van der Waals surface area contributed by atoms with Gasteiger partial charge in [0.25, 0.3) is 0 Å². The molecule has 0 spiro atoms. The van der Waals surface area contributed by atoms with E-state index < -0.39 is 0 Å². The van der Waals surface area contributed by atoms with E-state index in [2.05, 4.69) is 21.2 Å². The quantitative estimate of drug-likeness (QED) is 0.817. The molecule has 100 valence electrons. The third-order valence-corrected chi connectivity index (χ3v) is 3.36. The number of benzene rings is 1. The van der Waals surface area contributed by atoms with Crippen LogP contribution < -0.4 is 10.1 Å².